The second kappa shape index (κ2) is 8.38. The number of amides is 2. The molecule has 1 N–H and O–H groups in total. The van der Waals surface area contributed by atoms with Crippen molar-refractivity contribution in [2.75, 3.05) is 14.1 Å². The third kappa shape index (κ3) is 4.53. The smallest absolute Gasteiger partial charge is 0.253 e. The number of ketones is 1. The van der Waals surface area contributed by atoms with Gasteiger partial charge in [-0.1, -0.05) is 12.1 Å². The van der Waals surface area contributed by atoms with Crippen molar-refractivity contribution in [3.05, 3.63) is 53.7 Å². The number of hydrogen-bond donors (Lipinski definition) is 1. The summed E-state index contributed by atoms with van der Waals surface area (Å²) >= 11 is 0. The van der Waals surface area contributed by atoms with Gasteiger partial charge in [0.1, 0.15) is 0 Å². The predicted molar refractivity (Wildman–Crippen MR) is 99.9 cm³/mol. The van der Waals surface area contributed by atoms with Crippen molar-refractivity contribution in [1.29, 1.82) is 0 Å². The number of nitrogens with one attached hydrogen (secondary N) is 1. The first kappa shape index (κ1) is 19.3. The minimum absolute atomic E-state index is 0.0288. The minimum atomic E-state index is -0.206. The normalized spacial score (nSPS) is 11.5. The molecule has 6 nitrogen and oxygen atoms in total. The number of carbonyl (C=O) groups is 3. The number of pyridine rings is 1. The molecule has 2 aromatic rings. The van der Waals surface area contributed by atoms with Gasteiger partial charge in [-0.15, -0.1) is 0 Å². The Morgan fingerprint density at radius 3 is 2.19 bits per heavy atom. The van der Waals surface area contributed by atoms with E-state index in [-0.39, 0.29) is 30.1 Å². The molecular weight excluding hydrogens is 330 g/mol. The van der Waals surface area contributed by atoms with Crippen molar-refractivity contribution in [2.24, 2.45) is 0 Å². The van der Waals surface area contributed by atoms with E-state index in [2.05, 4.69) is 10.3 Å². The summed E-state index contributed by atoms with van der Waals surface area (Å²) in [5.74, 6) is -0.278. The molecule has 0 bridgehead atoms. The van der Waals surface area contributed by atoms with Crippen LogP contribution in [0.15, 0.2) is 42.6 Å². The van der Waals surface area contributed by atoms with E-state index < -0.39 is 0 Å². The average Bonchev–Trinajstić information content (AvgIpc) is 2.66. The molecule has 0 fully saturated rings. The highest BCUT2D eigenvalue weighted by atomic mass is 16.2. The lowest BCUT2D eigenvalue weighted by Crippen LogP contribution is -2.38. The van der Waals surface area contributed by atoms with E-state index in [1.165, 1.54) is 6.92 Å². The summed E-state index contributed by atoms with van der Waals surface area (Å²) in [5.41, 5.74) is 2.70. The quantitative estimate of drug-likeness (QED) is 0.810. The van der Waals surface area contributed by atoms with Gasteiger partial charge in [0.05, 0.1) is 5.69 Å². The highest BCUT2D eigenvalue weighted by Crippen LogP contribution is 2.19. The summed E-state index contributed by atoms with van der Waals surface area (Å²) in [6.45, 7) is 3.33. The number of nitrogens with zero attached hydrogens (tertiary/aromatic N) is 2. The van der Waals surface area contributed by atoms with Crippen LogP contribution >= 0.6 is 0 Å². The molecule has 0 aliphatic rings. The molecule has 26 heavy (non-hydrogen) atoms. The monoisotopic (exact) mass is 353 g/mol. The standard InChI is InChI=1S/C20H23N3O3/c1-13(11-19(25)21-3)23(4)20(26)16-7-5-15(6-8-16)18-10-9-17(12-22-18)14(2)24/h5-10,12-13H,11H2,1-4H3,(H,21,25)/t13-/m0/s1. The van der Waals surface area contributed by atoms with Gasteiger partial charge in [0.25, 0.3) is 5.91 Å². The van der Waals surface area contributed by atoms with E-state index in [1.807, 2.05) is 19.1 Å². The number of benzene rings is 1. The average molecular weight is 353 g/mol. The summed E-state index contributed by atoms with van der Waals surface area (Å²) in [6.07, 6.45) is 1.80. The fourth-order valence-corrected chi connectivity index (χ4v) is 2.47. The summed E-state index contributed by atoms with van der Waals surface area (Å²) in [6, 6.07) is 10.4. The highest BCUT2D eigenvalue weighted by Gasteiger charge is 2.19. The molecule has 6 heteroatoms. The highest BCUT2D eigenvalue weighted by molar-refractivity contribution is 5.95. The van der Waals surface area contributed by atoms with Crippen molar-refractivity contribution < 1.29 is 14.4 Å². The molecule has 0 spiro atoms. The Morgan fingerprint density at radius 1 is 1.08 bits per heavy atom. The number of aromatic nitrogens is 1. The van der Waals surface area contributed by atoms with Crippen LogP contribution in [0.5, 0.6) is 0 Å². The topological polar surface area (TPSA) is 79.4 Å². The number of hydrogen-bond acceptors (Lipinski definition) is 4. The summed E-state index contributed by atoms with van der Waals surface area (Å²) in [7, 11) is 3.26. The van der Waals surface area contributed by atoms with Crippen molar-refractivity contribution in [2.45, 2.75) is 26.3 Å². The molecule has 0 saturated heterocycles. The van der Waals surface area contributed by atoms with E-state index in [1.54, 1.807) is 49.5 Å². The van der Waals surface area contributed by atoms with Gasteiger partial charge < -0.3 is 10.2 Å². The minimum Gasteiger partial charge on any atom is -0.359 e. The Hall–Kier alpha value is -3.02. The van der Waals surface area contributed by atoms with Crippen LogP contribution in [0, 0.1) is 0 Å². The van der Waals surface area contributed by atoms with Gasteiger partial charge in [0.15, 0.2) is 5.78 Å². The van der Waals surface area contributed by atoms with Crippen LogP contribution in [-0.2, 0) is 4.79 Å². The van der Waals surface area contributed by atoms with E-state index in [9.17, 15) is 14.4 Å². The lowest BCUT2D eigenvalue weighted by atomic mass is 10.1. The summed E-state index contributed by atoms with van der Waals surface area (Å²) in [4.78, 5) is 41.2. The zero-order valence-electron chi connectivity index (χ0n) is 15.4. The van der Waals surface area contributed by atoms with Crippen molar-refractivity contribution in [1.82, 2.24) is 15.2 Å². The van der Waals surface area contributed by atoms with Gasteiger partial charge in [0.2, 0.25) is 5.91 Å². The van der Waals surface area contributed by atoms with Crippen LogP contribution in [0.3, 0.4) is 0 Å². The summed E-state index contributed by atoms with van der Waals surface area (Å²) in [5, 5.41) is 2.56. The number of Topliss-reactive ketones (excluding diaryl/α,β-unsaturated/α-hetero) is 1. The molecule has 0 aliphatic heterocycles. The van der Waals surface area contributed by atoms with Gasteiger partial charge in [-0.2, -0.15) is 0 Å². The predicted octanol–water partition coefficient (Wildman–Crippen LogP) is 2.55. The maximum absolute atomic E-state index is 12.6. The van der Waals surface area contributed by atoms with E-state index in [4.69, 9.17) is 0 Å². The molecule has 0 aliphatic carbocycles. The third-order valence-electron chi connectivity index (χ3n) is 4.34. The largest absolute Gasteiger partial charge is 0.359 e. The maximum Gasteiger partial charge on any atom is 0.253 e. The van der Waals surface area contributed by atoms with Crippen molar-refractivity contribution in [3.63, 3.8) is 0 Å². The molecule has 2 rings (SSSR count). The van der Waals surface area contributed by atoms with Gasteiger partial charge in [-0.05, 0) is 38.1 Å². The molecule has 0 radical (unpaired) electrons. The number of carbonyl (C=O) groups excluding carboxylic acids is 3. The first-order valence-corrected chi connectivity index (χ1v) is 8.38. The van der Waals surface area contributed by atoms with Crippen LogP contribution < -0.4 is 5.32 Å². The Balaban J connectivity index is 2.11. The van der Waals surface area contributed by atoms with Crippen LogP contribution in [0.4, 0.5) is 0 Å². The van der Waals surface area contributed by atoms with Gasteiger partial charge >= 0.3 is 0 Å². The Bertz CT molecular complexity index is 798. The SMILES string of the molecule is CNC(=O)C[C@H](C)N(C)C(=O)c1ccc(-c2ccc(C(C)=O)cn2)cc1. The molecule has 1 aromatic heterocycles. The van der Waals surface area contributed by atoms with Crippen LogP contribution in [0.1, 0.15) is 41.0 Å². The second-order valence-corrected chi connectivity index (χ2v) is 6.21. The van der Waals surface area contributed by atoms with Crippen LogP contribution in [0.25, 0.3) is 11.3 Å². The lowest BCUT2D eigenvalue weighted by molar-refractivity contribution is -0.121. The van der Waals surface area contributed by atoms with Crippen LogP contribution in [0.2, 0.25) is 0 Å². The van der Waals surface area contributed by atoms with Gasteiger partial charge in [-0.25, -0.2) is 0 Å². The zero-order valence-corrected chi connectivity index (χ0v) is 15.4. The molecule has 1 heterocycles. The molecule has 0 saturated carbocycles. The first-order chi connectivity index (χ1) is 12.3. The van der Waals surface area contributed by atoms with Gasteiger partial charge in [0, 0.05) is 49.4 Å². The Labute approximate surface area is 153 Å². The van der Waals surface area contributed by atoms with Crippen molar-refractivity contribution in [3.8, 4) is 11.3 Å². The van der Waals surface area contributed by atoms with Gasteiger partial charge in [-0.3, -0.25) is 19.4 Å². The lowest BCUT2D eigenvalue weighted by Gasteiger charge is -2.24. The number of rotatable bonds is 6. The molecule has 1 atom stereocenters. The fourth-order valence-electron chi connectivity index (χ4n) is 2.47. The molecule has 0 unspecified atom stereocenters. The van der Waals surface area contributed by atoms with E-state index in [0.29, 0.717) is 11.1 Å². The molecule has 2 amide bonds. The van der Waals surface area contributed by atoms with E-state index in [0.717, 1.165) is 11.3 Å². The fraction of sp³-hybridized carbons (Fsp3) is 0.300. The Morgan fingerprint density at radius 2 is 1.69 bits per heavy atom. The first-order valence-electron chi connectivity index (χ1n) is 8.38. The van der Waals surface area contributed by atoms with Crippen molar-refractivity contribution >= 4 is 17.6 Å². The maximum atomic E-state index is 12.6. The molecule has 1 aromatic carbocycles. The zero-order chi connectivity index (χ0) is 19.3. The molecular formula is C20H23N3O3. The summed E-state index contributed by atoms with van der Waals surface area (Å²) < 4.78 is 0. The Kier molecular flexibility index (Phi) is 6.22. The van der Waals surface area contributed by atoms with Crippen LogP contribution in [-0.4, -0.2) is 47.6 Å². The second-order valence-electron chi connectivity index (χ2n) is 6.21. The van der Waals surface area contributed by atoms with E-state index >= 15 is 0 Å². The third-order valence-corrected chi connectivity index (χ3v) is 4.34. The molecule has 136 valence electrons.